The van der Waals surface area contributed by atoms with Crippen LogP contribution in [0.4, 0.5) is 19.0 Å². The molecule has 19 heavy (non-hydrogen) atoms. The lowest BCUT2D eigenvalue weighted by atomic mass is 9.96. The van der Waals surface area contributed by atoms with Gasteiger partial charge in [0.25, 0.3) is 0 Å². The average Bonchev–Trinajstić information content (AvgIpc) is 2.22. The maximum absolute atomic E-state index is 12.2. The van der Waals surface area contributed by atoms with Crippen LogP contribution in [-0.2, 0) is 5.41 Å². The van der Waals surface area contributed by atoms with Crippen molar-refractivity contribution in [2.24, 2.45) is 0 Å². The van der Waals surface area contributed by atoms with Crippen LogP contribution in [0.3, 0.4) is 0 Å². The molecule has 0 aliphatic carbocycles. The van der Waals surface area contributed by atoms with E-state index in [1.54, 1.807) is 7.05 Å². The molecule has 0 radical (unpaired) electrons. The van der Waals surface area contributed by atoms with Gasteiger partial charge in [0.2, 0.25) is 0 Å². The van der Waals surface area contributed by atoms with Crippen molar-refractivity contribution < 1.29 is 13.2 Å². The Bertz CT molecular complexity index is 441. The van der Waals surface area contributed by atoms with E-state index in [2.05, 4.69) is 9.97 Å². The van der Waals surface area contributed by atoms with E-state index in [9.17, 15) is 13.2 Å². The summed E-state index contributed by atoms with van der Waals surface area (Å²) in [6.07, 6.45) is -5.08. The predicted octanol–water partition coefficient (Wildman–Crippen LogP) is 3.82. The van der Waals surface area contributed by atoms with Crippen LogP contribution in [0, 0.1) is 0 Å². The minimum absolute atomic E-state index is 0.166. The van der Waals surface area contributed by atoms with Crippen LogP contribution in [-0.4, -0.2) is 29.7 Å². The smallest absolute Gasteiger partial charge is 0.359 e. The Kier molecular flexibility index (Phi) is 4.66. The molecule has 1 heterocycles. The summed E-state index contributed by atoms with van der Waals surface area (Å²) in [5.74, 6) is 0.906. The highest BCUT2D eigenvalue weighted by atomic mass is 35.5. The summed E-state index contributed by atoms with van der Waals surface area (Å²) in [6.45, 7) is 5.58. The molecule has 0 atom stereocenters. The Hall–Kier alpha value is -1.04. The number of hydrogen-bond donors (Lipinski definition) is 0. The summed E-state index contributed by atoms with van der Waals surface area (Å²) in [5, 5.41) is 0.230. The molecule has 1 rings (SSSR count). The van der Waals surface area contributed by atoms with E-state index in [1.165, 1.54) is 11.0 Å². The van der Waals surface area contributed by atoms with Crippen LogP contribution < -0.4 is 4.90 Å². The molecule has 0 aliphatic heterocycles. The molecule has 0 unspecified atom stereocenters. The molecule has 0 fully saturated rings. The van der Waals surface area contributed by atoms with Gasteiger partial charge in [0.05, 0.1) is 6.42 Å². The van der Waals surface area contributed by atoms with Crippen molar-refractivity contribution in [1.82, 2.24) is 9.97 Å². The molecule has 108 valence electrons. The van der Waals surface area contributed by atoms with Crippen LogP contribution >= 0.6 is 11.6 Å². The number of halogens is 4. The summed E-state index contributed by atoms with van der Waals surface area (Å²) in [4.78, 5) is 9.80. The number of nitrogens with zero attached hydrogens (tertiary/aromatic N) is 3. The van der Waals surface area contributed by atoms with Gasteiger partial charge in [0.1, 0.15) is 16.8 Å². The van der Waals surface area contributed by atoms with Gasteiger partial charge in [0, 0.05) is 25.1 Å². The molecular weight excluding hydrogens is 279 g/mol. The first kappa shape index (κ1) is 16.0. The normalized spacial score (nSPS) is 12.6. The third kappa shape index (κ3) is 5.22. The highest BCUT2D eigenvalue weighted by molar-refractivity contribution is 6.29. The molecule has 1 aromatic heterocycles. The third-order valence-corrected chi connectivity index (χ3v) is 2.67. The van der Waals surface area contributed by atoms with Gasteiger partial charge in [-0.15, -0.1) is 0 Å². The minimum atomic E-state index is -4.18. The number of hydrogen-bond acceptors (Lipinski definition) is 3. The second-order valence-electron chi connectivity index (χ2n) is 5.41. The van der Waals surface area contributed by atoms with E-state index in [0.29, 0.717) is 11.6 Å². The molecule has 0 saturated heterocycles. The molecule has 3 nitrogen and oxygen atoms in total. The fourth-order valence-electron chi connectivity index (χ4n) is 1.35. The van der Waals surface area contributed by atoms with Gasteiger partial charge in [-0.1, -0.05) is 32.4 Å². The van der Waals surface area contributed by atoms with Crippen molar-refractivity contribution in [1.29, 1.82) is 0 Å². The monoisotopic (exact) mass is 295 g/mol. The van der Waals surface area contributed by atoms with Crippen LogP contribution in [0.5, 0.6) is 0 Å². The Balaban J connectivity index is 2.91. The molecule has 0 spiro atoms. The predicted molar refractivity (Wildman–Crippen MR) is 69.7 cm³/mol. The summed E-state index contributed by atoms with van der Waals surface area (Å²) in [6, 6.07) is 1.47. The van der Waals surface area contributed by atoms with Crippen molar-refractivity contribution in [3.05, 3.63) is 17.0 Å². The van der Waals surface area contributed by atoms with Gasteiger partial charge in [0.15, 0.2) is 0 Å². The summed E-state index contributed by atoms with van der Waals surface area (Å²) in [7, 11) is 1.55. The quantitative estimate of drug-likeness (QED) is 0.794. The Morgan fingerprint density at radius 3 is 2.26 bits per heavy atom. The lowest BCUT2D eigenvalue weighted by molar-refractivity contribution is -0.132. The molecule has 0 amide bonds. The van der Waals surface area contributed by atoms with E-state index >= 15 is 0 Å². The van der Waals surface area contributed by atoms with E-state index in [-0.39, 0.29) is 17.1 Å². The second-order valence-corrected chi connectivity index (χ2v) is 5.80. The zero-order chi connectivity index (χ0) is 14.8. The Morgan fingerprint density at radius 1 is 1.21 bits per heavy atom. The van der Waals surface area contributed by atoms with E-state index < -0.39 is 12.6 Å². The van der Waals surface area contributed by atoms with Crippen LogP contribution in [0.15, 0.2) is 6.07 Å². The van der Waals surface area contributed by atoms with Gasteiger partial charge < -0.3 is 4.90 Å². The van der Waals surface area contributed by atoms with Crippen LogP contribution in [0.1, 0.15) is 33.0 Å². The summed E-state index contributed by atoms with van der Waals surface area (Å²) in [5.41, 5.74) is -0.315. The van der Waals surface area contributed by atoms with Gasteiger partial charge in [-0.25, -0.2) is 9.97 Å². The average molecular weight is 296 g/mol. The van der Waals surface area contributed by atoms with Crippen molar-refractivity contribution >= 4 is 17.4 Å². The number of aromatic nitrogens is 2. The third-order valence-electron chi connectivity index (χ3n) is 2.47. The summed E-state index contributed by atoms with van der Waals surface area (Å²) >= 11 is 5.89. The first-order valence-corrected chi connectivity index (χ1v) is 6.20. The number of rotatable bonds is 3. The molecule has 7 heteroatoms. The largest absolute Gasteiger partial charge is 0.390 e. The standard InChI is InChI=1S/C12H17ClF3N3/c1-11(2,3)10-17-8(13)7-9(18-10)19(4)6-5-12(14,15)16/h7H,5-6H2,1-4H3. The zero-order valence-corrected chi connectivity index (χ0v) is 12.1. The first-order chi connectivity index (χ1) is 8.49. The summed E-state index contributed by atoms with van der Waals surface area (Å²) < 4.78 is 36.6. The maximum Gasteiger partial charge on any atom is 0.390 e. The molecule has 1 aromatic rings. The Morgan fingerprint density at radius 2 is 1.79 bits per heavy atom. The molecule has 0 N–H and O–H groups in total. The maximum atomic E-state index is 12.2. The zero-order valence-electron chi connectivity index (χ0n) is 11.3. The van der Waals surface area contributed by atoms with Crippen molar-refractivity contribution in [2.45, 2.75) is 38.8 Å². The van der Waals surface area contributed by atoms with Gasteiger partial charge >= 0.3 is 6.18 Å². The van der Waals surface area contributed by atoms with Crippen molar-refractivity contribution in [3.63, 3.8) is 0 Å². The van der Waals surface area contributed by atoms with E-state index in [1.807, 2.05) is 20.8 Å². The van der Waals surface area contributed by atoms with E-state index in [4.69, 9.17) is 11.6 Å². The highest BCUT2D eigenvalue weighted by Crippen LogP contribution is 2.25. The fraction of sp³-hybridized carbons (Fsp3) is 0.667. The van der Waals surface area contributed by atoms with Crippen LogP contribution in [0.25, 0.3) is 0 Å². The van der Waals surface area contributed by atoms with Gasteiger partial charge in [-0.2, -0.15) is 13.2 Å². The molecule has 0 aliphatic rings. The Labute approximate surface area is 115 Å². The van der Waals surface area contributed by atoms with Crippen LogP contribution in [0.2, 0.25) is 5.15 Å². The molecule has 0 saturated carbocycles. The molecule has 0 bridgehead atoms. The van der Waals surface area contributed by atoms with E-state index in [0.717, 1.165) is 0 Å². The topological polar surface area (TPSA) is 29.0 Å². The fourth-order valence-corrected chi connectivity index (χ4v) is 1.52. The van der Waals surface area contributed by atoms with Gasteiger partial charge in [-0.3, -0.25) is 0 Å². The second kappa shape index (κ2) is 5.53. The number of alkyl halides is 3. The SMILES string of the molecule is CN(CCC(F)(F)F)c1cc(Cl)nc(C(C)(C)C)n1. The number of anilines is 1. The van der Waals surface area contributed by atoms with Crippen molar-refractivity contribution in [3.8, 4) is 0 Å². The van der Waals surface area contributed by atoms with Gasteiger partial charge in [-0.05, 0) is 0 Å². The minimum Gasteiger partial charge on any atom is -0.359 e. The molecule has 0 aromatic carbocycles. The van der Waals surface area contributed by atoms with Crippen molar-refractivity contribution in [2.75, 3.05) is 18.5 Å². The highest BCUT2D eigenvalue weighted by Gasteiger charge is 2.28. The lowest BCUT2D eigenvalue weighted by Gasteiger charge is -2.22. The lowest BCUT2D eigenvalue weighted by Crippen LogP contribution is -2.26. The molecular formula is C12H17ClF3N3. The first-order valence-electron chi connectivity index (χ1n) is 5.82.